The first-order valence-electron chi connectivity index (χ1n) is 12.3. The smallest absolute Gasteiger partial charge is 0.258 e. The van der Waals surface area contributed by atoms with Crippen LogP contribution in [0.3, 0.4) is 0 Å². The molecule has 0 radical (unpaired) electrons. The second-order valence-electron chi connectivity index (χ2n) is 9.22. The number of benzene rings is 3. The molecule has 1 atom stereocenters. The van der Waals surface area contributed by atoms with Gasteiger partial charge in [-0.1, -0.05) is 48.5 Å². The lowest BCUT2D eigenvalue weighted by atomic mass is 10.0. The van der Waals surface area contributed by atoms with Gasteiger partial charge < -0.3 is 19.9 Å². The molecule has 0 spiro atoms. The van der Waals surface area contributed by atoms with Gasteiger partial charge in [0.2, 0.25) is 0 Å². The molecule has 1 heterocycles. The Kier molecular flexibility index (Phi) is 8.27. The SMILES string of the molecule is Cc1ccccc1OCC(=O)NC[C@@H](c1ccc(N(C)C)cc1)N1CCN(c2ccccc2)CC1. The van der Waals surface area contributed by atoms with Gasteiger partial charge in [-0.25, -0.2) is 0 Å². The molecule has 3 aromatic rings. The van der Waals surface area contributed by atoms with E-state index in [2.05, 4.69) is 74.6 Å². The summed E-state index contributed by atoms with van der Waals surface area (Å²) >= 11 is 0. The molecular formula is C29H36N4O2. The zero-order chi connectivity index (χ0) is 24.6. The average Bonchev–Trinajstić information content (AvgIpc) is 2.89. The van der Waals surface area contributed by atoms with Crippen LogP contribution in [0.15, 0.2) is 78.9 Å². The minimum absolute atomic E-state index is 0.0128. The van der Waals surface area contributed by atoms with Crippen LogP contribution in [-0.4, -0.2) is 64.2 Å². The van der Waals surface area contributed by atoms with Crippen molar-refractivity contribution in [3.63, 3.8) is 0 Å². The third-order valence-corrected chi connectivity index (χ3v) is 6.62. The van der Waals surface area contributed by atoms with Crippen LogP contribution in [0.2, 0.25) is 0 Å². The lowest BCUT2D eigenvalue weighted by Gasteiger charge is -2.40. The average molecular weight is 473 g/mol. The van der Waals surface area contributed by atoms with Crippen LogP contribution in [0.4, 0.5) is 11.4 Å². The Bertz CT molecular complexity index is 1080. The van der Waals surface area contributed by atoms with Crippen molar-refractivity contribution >= 4 is 17.3 Å². The molecule has 184 valence electrons. The maximum absolute atomic E-state index is 12.7. The van der Waals surface area contributed by atoms with Crippen LogP contribution in [0, 0.1) is 6.92 Å². The molecule has 35 heavy (non-hydrogen) atoms. The summed E-state index contributed by atoms with van der Waals surface area (Å²) < 4.78 is 5.75. The fourth-order valence-electron chi connectivity index (χ4n) is 4.51. The number of nitrogens with one attached hydrogen (secondary N) is 1. The third-order valence-electron chi connectivity index (χ3n) is 6.62. The van der Waals surface area contributed by atoms with Gasteiger partial charge in [-0.2, -0.15) is 0 Å². The van der Waals surface area contributed by atoms with E-state index in [9.17, 15) is 4.79 Å². The number of rotatable bonds is 9. The summed E-state index contributed by atoms with van der Waals surface area (Å²) in [4.78, 5) is 19.7. The summed E-state index contributed by atoms with van der Waals surface area (Å²) in [6.07, 6.45) is 0. The number of para-hydroxylation sites is 2. The largest absolute Gasteiger partial charge is 0.484 e. The zero-order valence-corrected chi connectivity index (χ0v) is 21.0. The molecule has 0 bridgehead atoms. The van der Waals surface area contributed by atoms with Crippen molar-refractivity contribution in [2.24, 2.45) is 0 Å². The van der Waals surface area contributed by atoms with Crippen LogP contribution in [0.25, 0.3) is 0 Å². The normalized spacial score (nSPS) is 14.9. The lowest BCUT2D eigenvalue weighted by molar-refractivity contribution is -0.123. The molecule has 0 unspecified atom stereocenters. The van der Waals surface area contributed by atoms with Crippen molar-refractivity contribution in [2.45, 2.75) is 13.0 Å². The van der Waals surface area contributed by atoms with E-state index in [1.807, 2.05) is 45.3 Å². The van der Waals surface area contributed by atoms with Crippen LogP contribution in [0.1, 0.15) is 17.2 Å². The maximum atomic E-state index is 12.7. The number of hydrogen-bond donors (Lipinski definition) is 1. The zero-order valence-electron chi connectivity index (χ0n) is 21.0. The van der Waals surface area contributed by atoms with Gasteiger partial charge in [0.15, 0.2) is 6.61 Å². The first-order chi connectivity index (χ1) is 17.0. The summed E-state index contributed by atoms with van der Waals surface area (Å²) in [6.45, 7) is 6.33. The molecule has 1 aliphatic rings. The van der Waals surface area contributed by atoms with E-state index in [-0.39, 0.29) is 18.6 Å². The van der Waals surface area contributed by atoms with Gasteiger partial charge in [0, 0.05) is 58.2 Å². The number of carbonyl (C=O) groups excluding carboxylic acids is 1. The molecular weight excluding hydrogens is 436 g/mol. The Labute approximate surface area is 209 Å². The Balaban J connectivity index is 1.40. The molecule has 1 N–H and O–H groups in total. The van der Waals surface area contributed by atoms with Crippen molar-refractivity contribution in [3.8, 4) is 5.75 Å². The first-order valence-corrected chi connectivity index (χ1v) is 12.3. The molecule has 6 heteroatoms. The molecule has 1 aliphatic heterocycles. The van der Waals surface area contributed by atoms with Crippen LogP contribution < -0.4 is 19.9 Å². The van der Waals surface area contributed by atoms with E-state index in [1.165, 1.54) is 11.3 Å². The van der Waals surface area contributed by atoms with Crippen LogP contribution >= 0.6 is 0 Å². The molecule has 0 aliphatic carbocycles. The van der Waals surface area contributed by atoms with Crippen molar-refractivity contribution in [1.82, 2.24) is 10.2 Å². The second kappa shape index (κ2) is 11.8. The van der Waals surface area contributed by atoms with Gasteiger partial charge >= 0.3 is 0 Å². The number of aryl methyl sites for hydroxylation is 1. The summed E-state index contributed by atoms with van der Waals surface area (Å²) in [5.41, 5.74) is 4.66. The van der Waals surface area contributed by atoms with Gasteiger partial charge in [-0.05, 0) is 48.4 Å². The van der Waals surface area contributed by atoms with E-state index in [0.29, 0.717) is 6.54 Å². The van der Waals surface area contributed by atoms with Crippen LogP contribution in [0.5, 0.6) is 5.75 Å². The maximum Gasteiger partial charge on any atom is 0.258 e. The van der Waals surface area contributed by atoms with Gasteiger partial charge in [0.25, 0.3) is 5.91 Å². The minimum atomic E-state index is -0.105. The molecule has 0 aromatic heterocycles. The van der Waals surface area contributed by atoms with E-state index < -0.39 is 0 Å². The highest BCUT2D eigenvalue weighted by molar-refractivity contribution is 5.77. The number of nitrogens with zero attached hydrogens (tertiary/aromatic N) is 3. The Morgan fingerprint density at radius 2 is 1.57 bits per heavy atom. The first kappa shape index (κ1) is 24.6. The number of carbonyl (C=O) groups is 1. The standard InChI is InChI=1S/C29H36N4O2/c1-23-9-7-8-12-28(23)35-22-29(34)30-21-27(24-13-15-25(16-14-24)31(2)3)33-19-17-32(18-20-33)26-10-5-4-6-11-26/h4-16,27H,17-22H2,1-3H3,(H,30,34)/t27-/m0/s1. The number of amides is 1. The van der Waals surface area contributed by atoms with Crippen molar-refractivity contribution < 1.29 is 9.53 Å². The fraction of sp³-hybridized carbons (Fsp3) is 0.345. The van der Waals surface area contributed by atoms with Crippen LogP contribution in [-0.2, 0) is 4.79 Å². The highest BCUT2D eigenvalue weighted by atomic mass is 16.5. The van der Waals surface area contributed by atoms with E-state index >= 15 is 0 Å². The van der Waals surface area contributed by atoms with Gasteiger partial charge in [0.1, 0.15) is 5.75 Å². The highest BCUT2D eigenvalue weighted by Crippen LogP contribution is 2.26. The van der Waals surface area contributed by atoms with Gasteiger partial charge in [-0.15, -0.1) is 0 Å². The predicted molar refractivity (Wildman–Crippen MR) is 143 cm³/mol. The highest BCUT2D eigenvalue weighted by Gasteiger charge is 2.26. The fourth-order valence-corrected chi connectivity index (χ4v) is 4.51. The topological polar surface area (TPSA) is 48.1 Å². The summed E-state index contributed by atoms with van der Waals surface area (Å²) in [5, 5.41) is 3.12. The quantitative estimate of drug-likeness (QED) is 0.508. The summed E-state index contributed by atoms with van der Waals surface area (Å²) in [7, 11) is 4.09. The number of piperazine rings is 1. The van der Waals surface area contributed by atoms with Gasteiger partial charge in [-0.3, -0.25) is 9.69 Å². The molecule has 1 amide bonds. The lowest BCUT2D eigenvalue weighted by Crippen LogP contribution is -2.50. The van der Waals surface area contributed by atoms with E-state index in [4.69, 9.17) is 4.74 Å². The van der Waals surface area contributed by atoms with E-state index in [0.717, 1.165) is 43.2 Å². The number of anilines is 2. The van der Waals surface area contributed by atoms with Crippen molar-refractivity contribution in [2.75, 3.05) is 63.2 Å². The molecule has 0 saturated carbocycles. The summed E-state index contributed by atoms with van der Waals surface area (Å²) in [5.74, 6) is 0.640. The van der Waals surface area contributed by atoms with Crippen molar-refractivity contribution in [3.05, 3.63) is 90.0 Å². The molecule has 1 saturated heterocycles. The third kappa shape index (κ3) is 6.55. The number of hydrogen-bond acceptors (Lipinski definition) is 5. The second-order valence-corrected chi connectivity index (χ2v) is 9.22. The van der Waals surface area contributed by atoms with E-state index in [1.54, 1.807) is 0 Å². The molecule has 3 aromatic carbocycles. The molecule has 1 fully saturated rings. The minimum Gasteiger partial charge on any atom is -0.484 e. The Morgan fingerprint density at radius 3 is 2.23 bits per heavy atom. The molecule has 6 nitrogen and oxygen atoms in total. The molecule has 4 rings (SSSR count). The monoisotopic (exact) mass is 472 g/mol. The van der Waals surface area contributed by atoms with Crippen molar-refractivity contribution in [1.29, 1.82) is 0 Å². The predicted octanol–water partition coefficient (Wildman–Crippen LogP) is 4.12. The Morgan fingerprint density at radius 1 is 0.914 bits per heavy atom. The summed E-state index contributed by atoms with van der Waals surface area (Å²) in [6, 6.07) is 27.1. The Hall–Kier alpha value is -3.51. The number of ether oxygens (including phenoxy) is 1. The van der Waals surface area contributed by atoms with Gasteiger partial charge in [0.05, 0.1) is 6.04 Å².